The highest BCUT2D eigenvalue weighted by atomic mass is 32.1. The molecule has 1 aromatic carbocycles. The van der Waals surface area contributed by atoms with Gasteiger partial charge in [-0.05, 0) is 17.7 Å². The second kappa shape index (κ2) is 5.77. The predicted molar refractivity (Wildman–Crippen MR) is 70.4 cm³/mol. The molecule has 0 amide bonds. The fourth-order valence-electron chi connectivity index (χ4n) is 1.46. The van der Waals surface area contributed by atoms with E-state index in [1.807, 2.05) is 0 Å². The highest BCUT2D eigenvalue weighted by molar-refractivity contribution is 7.13. The Kier molecular flexibility index (Phi) is 4.08. The lowest BCUT2D eigenvalue weighted by Gasteiger charge is -2.03. The van der Waals surface area contributed by atoms with Crippen LogP contribution < -0.4 is 11.1 Å². The fourth-order valence-corrected chi connectivity index (χ4v) is 2.21. The van der Waals surface area contributed by atoms with Crippen LogP contribution in [-0.4, -0.2) is 16.1 Å². The van der Waals surface area contributed by atoms with Crippen molar-refractivity contribution >= 4 is 22.4 Å². The van der Waals surface area contributed by atoms with E-state index < -0.39 is 12.0 Å². The Bertz CT molecular complexity index is 588. The maximum atomic E-state index is 13.0. The molecule has 1 aromatic heterocycles. The van der Waals surface area contributed by atoms with Gasteiger partial charge in [-0.15, -0.1) is 11.3 Å². The van der Waals surface area contributed by atoms with Crippen molar-refractivity contribution in [2.24, 2.45) is 5.73 Å². The zero-order valence-corrected chi connectivity index (χ0v) is 10.7. The number of carboxylic acid groups (broad SMARTS) is 1. The molecule has 19 heavy (non-hydrogen) atoms. The Balaban J connectivity index is 1.99. The van der Waals surface area contributed by atoms with Gasteiger partial charge in [0.15, 0.2) is 5.13 Å². The lowest BCUT2D eigenvalue weighted by atomic mass is 10.2. The minimum atomic E-state index is -1.12. The van der Waals surface area contributed by atoms with E-state index >= 15 is 0 Å². The second-order valence-electron chi connectivity index (χ2n) is 3.88. The maximum Gasteiger partial charge on any atom is 0.326 e. The maximum absolute atomic E-state index is 13.0. The van der Waals surface area contributed by atoms with Crippen LogP contribution in [0.4, 0.5) is 9.52 Å². The third-order valence-electron chi connectivity index (χ3n) is 2.44. The van der Waals surface area contributed by atoms with Gasteiger partial charge >= 0.3 is 5.97 Å². The largest absolute Gasteiger partial charge is 0.480 e. The molecule has 0 aliphatic carbocycles. The van der Waals surface area contributed by atoms with Gasteiger partial charge in [-0.25, -0.2) is 9.37 Å². The van der Waals surface area contributed by atoms with E-state index in [0.717, 1.165) is 5.56 Å². The molecule has 4 N–H and O–H groups in total. The van der Waals surface area contributed by atoms with Gasteiger partial charge in [0.2, 0.25) is 0 Å². The minimum Gasteiger partial charge on any atom is -0.480 e. The molecule has 2 rings (SSSR count). The summed E-state index contributed by atoms with van der Waals surface area (Å²) in [5.41, 5.74) is 6.53. The molecule has 0 spiro atoms. The van der Waals surface area contributed by atoms with Gasteiger partial charge in [0.25, 0.3) is 0 Å². The molecule has 1 atom stereocenters. The first-order valence-corrected chi connectivity index (χ1v) is 6.36. The summed E-state index contributed by atoms with van der Waals surface area (Å²) in [5.74, 6) is -1.42. The van der Waals surface area contributed by atoms with E-state index in [9.17, 15) is 9.18 Å². The SMILES string of the molecule is NC(C(=O)O)c1csc(NCc2cccc(F)c2)n1. The molecule has 7 heteroatoms. The van der Waals surface area contributed by atoms with E-state index in [-0.39, 0.29) is 5.82 Å². The van der Waals surface area contributed by atoms with Gasteiger partial charge in [0.05, 0.1) is 5.69 Å². The molecule has 1 unspecified atom stereocenters. The Hall–Kier alpha value is -1.99. The third kappa shape index (κ3) is 3.49. The number of aromatic nitrogens is 1. The van der Waals surface area contributed by atoms with Crippen molar-refractivity contribution in [3.8, 4) is 0 Å². The molecule has 5 nitrogen and oxygen atoms in total. The zero-order valence-electron chi connectivity index (χ0n) is 9.84. The topological polar surface area (TPSA) is 88.2 Å². The summed E-state index contributed by atoms with van der Waals surface area (Å²) in [5, 5.41) is 13.9. The van der Waals surface area contributed by atoms with Crippen LogP contribution in [0.1, 0.15) is 17.3 Å². The van der Waals surface area contributed by atoms with E-state index in [0.29, 0.717) is 17.4 Å². The van der Waals surface area contributed by atoms with Gasteiger partial charge in [-0.3, -0.25) is 4.79 Å². The number of nitrogens with zero attached hydrogens (tertiary/aromatic N) is 1. The first kappa shape index (κ1) is 13.4. The first-order valence-electron chi connectivity index (χ1n) is 5.48. The van der Waals surface area contributed by atoms with Crippen molar-refractivity contribution in [2.45, 2.75) is 12.6 Å². The van der Waals surface area contributed by atoms with Crippen LogP contribution in [0, 0.1) is 5.82 Å². The summed E-state index contributed by atoms with van der Waals surface area (Å²) in [6, 6.07) is 5.08. The molecule has 100 valence electrons. The smallest absolute Gasteiger partial charge is 0.326 e. The average molecular weight is 281 g/mol. The zero-order chi connectivity index (χ0) is 13.8. The number of hydrogen-bond acceptors (Lipinski definition) is 5. The van der Waals surface area contributed by atoms with Crippen molar-refractivity contribution < 1.29 is 14.3 Å². The van der Waals surface area contributed by atoms with Gasteiger partial charge in [-0.1, -0.05) is 12.1 Å². The molecular weight excluding hydrogens is 269 g/mol. The Labute approximate surface area is 112 Å². The number of anilines is 1. The van der Waals surface area contributed by atoms with E-state index in [1.165, 1.54) is 23.5 Å². The molecule has 0 saturated carbocycles. The molecule has 0 aliphatic rings. The lowest BCUT2D eigenvalue weighted by Crippen LogP contribution is -2.20. The summed E-state index contributed by atoms with van der Waals surface area (Å²) >= 11 is 1.26. The van der Waals surface area contributed by atoms with Crippen LogP contribution in [0.25, 0.3) is 0 Å². The molecular formula is C12H12FN3O2S. The Morgan fingerprint density at radius 1 is 1.58 bits per heavy atom. The molecule has 0 fully saturated rings. The van der Waals surface area contributed by atoms with Crippen molar-refractivity contribution in [3.05, 3.63) is 46.7 Å². The standard InChI is InChI=1S/C12H12FN3O2S/c13-8-3-1-2-7(4-8)5-15-12-16-9(6-19-12)10(14)11(17)18/h1-4,6,10H,5,14H2,(H,15,16)(H,17,18). The van der Waals surface area contributed by atoms with Crippen LogP contribution in [0.5, 0.6) is 0 Å². The van der Waals surface area contributed by atoms with Crippen molar-refractivity contribution in [3.63, 3.8) is 0 Å². The van der Waals surface area contributed by atoms with Crippen LogP contribution in [0.15, 0.2) is 29.6 Å². The quantitative estimate of drug-likeness (QED) is 0.780. The summed E-state index contributed by atoms with van der Waals surface area (Å²) in [4.78, 5) is 14.8. The lowest BCUT2D eigenvalue weighted by molar-refractivity contribution is -0.138. The van der Waals surface area contributed by atoms with Crippen LogP contribution in [0.2, 0.25) is 0 Å². The number of nitrogens with two attached hydrogens (primary N) is 1. The molecule has 0 aliphatic heterocycles. The number of rotatable bonds is 5. The van der Waals surface area contributed by atoms with Crippen LogP contribution in [-0.2, 0) is 11.3 Å². The molecule has 1 heterocycles. The number of thiazole rings is 1. The number of carboxylic acids is 1. The monoisotopic (exact) mass is 281 g/mol. The van der Waals surface area contributed by atoms with Crippen molar-refractivity contribution in [1.82, 2.24) is 4.98 Å². The van der Waals surface area contributed by atoms with Gasteiger partial charge in [0, 0.05) is 11.9 Å². The normalized spacial score (nSPS) is 12.1. The summed E-state index contributed by atoms with van der Waals surface area (Å²) in [7, 11) is 0. The van der Waals surface area contributed by atoms with Gasteiger partial charge in [0.1, 0.15) is 11.9 Å². The molecule has 2 aromatic rings. The van der Waals surface area contributed by atoms with Gasteiger partial charge in [-0.2, -0.15) is 0 Å². The van der Waals surface area contributed by atoms with Gasteiger partial charge < -0.3 is 16.2 Å². The van der Waals surface area contributed by atoms with E-state index in [1.54, 1.807) is 17.5 Å². The number of aliphatic carboxylic acids is 1. The Morgan fingerprint density at radius 2 is 2.37 bits per heavy atom. The number of hydrogen-bond donors (Lipinski definition) is 3. The summed E-state index contributed by atoms with van der Waals surface area (Å²) in [6.07, 6.45) is 0. The van der Waals surface area contributed by atoms with Crippen molar-refractivity contribution in [1.29, 1.82) is 0 Å². The first-order chi connectivity index (χ1) is 9.06. The number of nitrogens with one attached hydrogen (secondary N) is 1. The molecule has 0 bridgehead atoms. The predicted octanol–water partition coefficient (Wildman–Crippen LogP) is 1.98. The number of halogens is 1. The second-order valence-corrected chi connectivity index (χ2v) is 4.74. The Morgan fingerprint density at radius 3 is 3.05 bits per heavy atom. The molecule has 0 radical (unpaired) electrons. The van der Waals surface area contributed by atoms with Crippen molar-refractivity contribution in [2.75, 3.05) is 5.32 Å². The van der Waals surface area contributed by atoms with Crippen LogP contribution >= 0.6 is 11.3 Å². The number of benzene rings is 1. The summed E-state index contributed by atoms with van der Waals surface area (Å²) < 4.78 is 13.0. The van der Waals surface area contributed by atoms with E-state index in [2.05, 4.69) is 10.3 Å². The van der Waals surface area contributed by atoms with E-state index in [4.69, 9.17) is 10.8 Å². The average Bonchev–Trinajstić information content (AvgIpc) is 2.84. The molecule has 0 saturated heterocycles. The van der Waals surface area contributed by atoms with Crippen LogP contribution in [0.3, 0.4) is 0 Å². The highest BCUT2D eigenvalue weighted by Crippen LogP contribution is 2.20. The highest BCUT2D eigenvalue weighted by Gasteiger charge is 2.17. The third-order valence-corrected chi connectivity index (χ3v) is 3.26. The summed E-state index contributed by atoms with van der Waals surface area (Å²) in [6.45, 7) is 0.410. The number of carbonyl (C=O) groups is 1. The minimum absolute atomic E-state index is 0.299. The fraction of sp³-hybridized carbons (Fsp3) is 0.167.